The predicted octanol–water partition coefficient (Wildman–Crippen LogP) is -0.778. The lowest BCUT2D eigenvalue weighted by atomic mass is 10.1. The fraction of sp³-hybridized carbons (Fsp3) is 0.667. The standard InChI is InChI=1S/C15H24N2O6/c1-22-13(19)5-6-14(20)23-11-12(18)15(21)16-7-10-17-8-3-2-4-9-17/h5-6,12,18H,2-4,7-11H2,1H3,(H,16,21)/b6-5+. The molecule has 1 aliphatic rings. The van der Waals surface area contributed by atoms with Crippen LogP contribution in [0.3, 0.4) is 0 Å². The SMILES string of the molecule is COC(=O)/C=C/C(=O)OCC(O)C(=O)NCCN1CCCCC1. The van der Waals surface area contributed by atoms with Gasteiger partial charge in [-0.1, -0.05) is 6.42 Å². The number of aliphatic hydroxyl groups is 1. The molecule has 1 unspecified atom stereocenters. The second-order valence-corrected chi connectivity index (χ2v) is 5.20. The van der Waals surface area contributed by atoms with E-state index in [0.717, 1.165) is 31.8 Å². The molecule has 0 saturated carbocycles. The van der Waals surface area contributed by atoms with Crippen molar-refractivity contribution in [3.8, 4) is 0 Å². The Bertz CT molecular complexity index is 432. The van der Waals surface area contributed by atoms with Crippen molar-refractivity contribution < 1.29 is 29.0 Å². The molecule has 130 valence electrons. The van der Waals surface area contributed by atoms with Gasteiger partial charge >= 0.3 is 11.9 Å². The molecular formula is C15H24N2O6. The highest BCUT2D eigenvalue weighted by Gasteiger charge is 2.17. The number of nitrogens with one attached hydrogen (secondary N) is 1. The largest absolute Gasteiger partial charge is 0.466 e. The van der Waals surface area contributed by atoms with E-state index < -0.39 is 30.6 Å². The minimum atomic E-state index is -1.44. The number of methoxy groups -OCH3 is 1. The van der Waals surface area contributed by atoms with Crippen molar-refractivity contribution in [2.45, 2.75) is 25.4 Å². The summed E-state index contributed by atoms with van der Waals surface area (Å²) in [5.74, 6) is -2.12. The molecular weight excluding hydrogens is 304 g/mol. The third-order valence-electron chi connectivity index (χ3n) is 3.42. The third-order valence-corrected chi connectivity index (χ3v) is 3.42. The minimum absolute atomic E-state index is 0.437. The molecule has 1 fully saturated rings. The molecule has 0 radical (unpaired) electrons. The molecule has 1 saturated heterocycles. The number of likely N-dealkylation sites (tertiary alicyclic amines) is 1. The Kier molecular flexibility index (Phi) is 8.93. The van der Waals surface area contributed by atoms with Crippen LogP contribution in [0.1, 0.15) is 19.3 Å². The van der Waals surface area contributed by atoms with Crippen LogP contribution in [0.2, 0.25) is 0 Å². The van der Waals surface area contributed by atoms with Crippen molar-refractivity contribution >= 4 is 17.8 Å². The summed E-state index contributed by atoms with van der Waals surface area (Å²) in [6.45, 7) is 2.76. The fourth-order valence-electron chi connectivity index (χ4n) is 2.13. The van der Waals surface area contributed by atoms with Gasteiger partial charge in [-0.05, 0) is 25.9 Å². The van der Waals surface area contributed by atoms with Crippen molar-refractivity contribution in [3.05, 3.63) is 12.2 Å². The van der Waals surface area contributed by atoms with Crippen LogP contribution in [0.4, 0.5) is 0 Å². The molecule has 0 bridgehead atoms. The molecule has 1 rings (SSSR count). The van der Waals surface area contributed by atoms with Crippen LogP contribution in [0.15, 0.2) is 12.2 Å². The number of ether oxygens (including phenoxy) is 2. The normalized spacial score (nSPS) is 16.8. The third kappa shape index (κ3) is 8.32. The average molecular weight is 328 g/mol. The van der Waals surface area contributed by atoms with E-state index in [4.69, 9.17) is 0 Å². The van der Waals surface area contributed by atoms with E-state index in [2.05, 4.69) is 19.7 Å². The average Bonchev–Trinajstić information content (AvgIpc) is 2.58. The topological polar surface area (TPSA) is 105 Å². The van der Waals surface area contributed by atoms with Gasteiger partial charge in [-0.2, -0.15) is 0 Å². The van der Waals surface area contributed by atoms with Crippen LogP contribution in [-0.2, 0) is 23.9 Å². The molecule has 0 aliphatic carbocycles. The second kappa shape index (κ2) is 10.7. The zero-order chi connectivity index (χ0) is 17.1. The molecule has 1 amide bonds. The molecule has 8 nitrogen and oxygen atoms in total. The van der Waals surface area contributed by atoms with Gasteiger partial charge in [-0.3, -0.25) is 4.79 Å². The zero-order valence-electron chi connectivity index (χ0n) is 13.3. The van der Waals surface area contributed by atoms with Gasteiger partial charge < -0.3 is 24.8 Å². The second-order valence-electron chi connectivity index (χ2n) is 5.20. The molecule has 8 heteroatoms. The summed E-state index contributed by atoms with van der Waals surface area (Å²) in [6.07, 6.45) is 3.92. The Balaban J connectivity index is 2.16. The first-order chi connectivity index (χ1) is 11.0. The van der Waals surface area contributed by atoms with Crippen LogP contribution in [0, 0.1) is 0 Å². The summed E-state index contributed by atoms with van der Waals surface area (Å²) >= 11 is 0. The summed E-state index contributed by atoms with van der Waals surface area (Å²) in [5.41, 5.74) is 0. The van der Waals surface area contributed by atoms with E-state index in [0.29, 0.717) is 6.54 Å². The van der Waals surface area contributed by atoms with Gasteiger partial charge in [0.1, 0.15) is 6.61 Å². The van der Waals surface area contributed by atoms with Gasteiger partial charge in [0.25, 0.3) is 5.91 Å². The van der Waals surface area contributed by atoms with Gasteiger partial charge in [0.2, 0.25) is 0 Å². The lowest BCUT2D eigenvalue weighted by molar-refractivity contribution is -0.145. The van der Waals surface area contributed by atoms with E-state index in [9.17, 15) is 19.5 Å². The Morgan fingerprint density at radius 1 is 1.17 bits per heavy atom. The van der Waals surface area contributed by atoms with Crippen molar-refractivity contribution in [2.75, 3.05) is 39.9 Å². The lowest BCUT2D eigenvalue weighted by Crippen LogP contribution is -2.42. The first-order valence-electron chi connectivity index (χ1n) is 7.64. The highest BCUT2D eigenvalue weighted by molar-refractivity contribution is 5.91. The van der Waals surface area contributed by atoms with Crippen molar-refractivity contribution in [3.63, 3.8) is 0 Å². The van der Waals surface area contributed by atoms with Crippen LogP contribution >= 0.6 is 0 Å². The number of hydrogen-bond acceptors (Lipinski definition) is 7. The Morgan fingerprint density at radius 3 is 2.48 bits per heavy atom. The number of esters is 2. The molecule has 1 aliphatic heterocycles. The molecule has 1 atom stereocenters. The Morgan fingerprint density at radius 2 is 1.83 bits per heavy atom. The van der Waals surface area contributed by atoms with Gasteiger partial charge in [0.15, 0.2) is 6.10 Å². The zero-order valence-corrected chi connectivity index (χ0v) is 13.3. The first-order valence-corrected chi connectivity index (χ1v) is 7.64. The van der Waals surface area contributed by atoms with E-state index >= 15 is 0 Å². The van der Waals surface area contributed by atoms with Crippen molar-refractivity contribution in [1.82, 2.24) is 10.2 Å². The highest BCUT2D eigenvalue weighted by atomic mass is 16.5. The van der Waals surface area contributed by atoms with E-state index in [1.165, 1.54) is 26.4 Å². The van der Waals surface area contributed by atoms with Gasteiger partial charge in [-0.25, -0.2) is 9.59 Å². The molecule has 0 aromatic rings. The smallest absolute Gasteiger partial charge is 0.331 e. The molecule has 0 spiro atoms. The summed E-state index contributed by atoms with van der Waals surface area (Å²) in [6, 6.07) is 0. The van der Waals surface area contributed by atoms with Gasteiger partial charge in [0, 0.05) is 25.2 Å². The maximum absolute atomic E-state index is 11.6. The number of carbonyl (C=O) groups excluding carboxylic acids is 3. The maximum atomic E-state index is 11.6. The monoisotopic (exact) mass is 328 g/mol. The Hall–Kier alpha value is -1.93. The first kappa shape index (κ1) is 19.1. The fourth-order valence-corrected chi connectivity index (χ4v) is 2.13. The molecule has 23 heavy (non-hydrogen) atoms. The Labute approximate surface area is 135 Å². The van der Waals surface area contributed by atoms with E-state index in [-0.39, 0.29) is 0 Å². The summed E-state index contributed by atoms with van der Waals surface area (Å²) in [4.78, 5) is 35.9. The quantitative estimate of drug-likeness (QED) is 0.445. The maximum Gasteiger partial charge on any atom is 0.331 e. The lowest BCUT2D eigenvalue weighted by Gasteiger charge is -2.26. The number of nitrogens with zero attached hydrogens (tertiary/aromatic N) is 1. The van der Waals surface area contributed by atoms with E-state index in [1.54, 1.807) is 0 Å². The van der Waals surface area contributed by atoms with Crippen molar-refractivity contribution in [1.29, 1.82) is 0 Å². The van der Waals surface area contributed by atoms with Crippen molar-refractivity contribution in [2.24, 2.45) is 0 Å². The number of amides is 1. The van der Waals surface area contributed by atoms with Crippen LogP contribution in [0.25, 0.3) is 0 Å². The van der Waals surface area contributed by atoms with Crippen LogP contribution in [0.5, 0.6) is 0 Å². The highest BCUT2D eigenvalue weighted by Crippen LogP contribution is 2.07. The van der Waals surface area contributed by atoms with Gasteiger partial charge in [-0.15, -0.1) is 0 Å². The number of hydrogen-bond donors (Lipinski definition) is 2. The number of aliphatic hydroxyl groups excluding tert-OH is 1. The predicted molar refractivity (Wildman–Crippen MR) is 81.4 cm³/mol. The van der Waals surface area contributed by atoms with Gasteiger partial charge in [0.05, 0.1) is 7.11 Å². The van der Waals surface area contributed by atoms with E-state index in [1.807, 2.05) is 0 Å². The van der Waals surface area contributed by atoms with Crippen LogP contribution in [-0.4, -0.2) is 73.9 Å². The summed E-state index contributed by atoms with van der Waals surface area (Å²) in [7, 11) is 1.18. The molecule has 0 aromatic carbocycles. The molecule has 0 aromatic heterocycles. The minimum Gasteiger partial charge on any atom is -0.466 e. The molecule has 2 N–H and O–H groups in total. The number of carbonyl (C=O) groups is 3. The summed E-state index contributed by atoms with van der Waals surface area (Å²) < 4.78 is 8.97. The molecule has 1 heterocycles. The summed E-state index contributed by atoms with van der Waals surface area (Å²) in [5, 5.41) is 12.2. The van der Waals surface area contributed by atoms with Crippen LogP contribution < -0.4 is 5.32 Å². The number of rotatable bonds is 8. The number of piperidine rings is 1.